The summed E-state index contributed by atoms with van der Waals surface area (Å²) < 4.78 is 18.2. The average molecular weight is 209 g/mol. The van der Waals surface area contributed by atoms with Crippen LogP contribution >= 0.6 is 0 Å². The molecule has 1 N–H and O–H groups in total. The Balaban J connectivity index is 2.16. The largest absolute Gasteiger partial charge is 0.379 e. The summed E-state index contributed by atoms with van der Waals surface area (Å²) in [4.78, 5) is 0. The molecule has 1 aliphatic rings. The quantitative estimate of drug-likeness (QED) is 0.803. The zero-order valence-electron chi connectivity index (χ0n) is 8.87. The van der Waals surface area contributed by atoms with Gasteiger partial charge in [-0.05, 0) is 30.7 Å². The summed E-state index contributed by atoms with van der Waals surface area (Å²) in [5.41, 5.74) is 1.17. The highest BCUT2D eigenvalue weighted by atomic mass is 19.1. The molecule has 82 valence electrons. The summed E-state index contributed by atoms with van der Waals surface area (Å²) >= 11 is 0. The molecule has 0 radical (unpaired) electrons. The van der Waals surface area contributed by atoms with Gasteiger partial charge in [-0.3, -0.25) is 0 Å². The van der Waals surface area contributed by atoms with Crippen LogP contribution in [0.4, 0.5) is 4.39 Å². The van der Waals surface area contributed by atoms with Crippen LogP contribution in [0.25, 0.3) is 0 Å². The minimum atomic E-state index is -0.179. The number of rotatable bonds is 2. The number of benzene rings is 1. The van der Waals surface area contributed by atoms with Gasteiger partial charge in [-0.15, -0.1) is 0 Å². The smallest absolute Gasteiger partial charge is 0.123 e. The van der Waals surface area contributed by atoms with Gasteiger partial charge in [-0.25, -0.2) is 4.39 Å². The van der Waals surface area contributed by atoms with Crippen molar-refractivity contribution in [3.63, 3.8) is 0 Å². The number of hydrogen-bond donors (Lipinski definition) is 1. The van der Waals surface area contributed by atoms with Crippen molar-refractivity contribution in [3.8, 4) is 0 Å². The van der Waals surface area contributed by atoms with Gasteiger partial charge in [-0.1, -0.05) is 12.1 Å². The fourth-order valence-corrected chi connectivity index (χ4v) is 2.17. The SMILES string of the molecule is COC1CNCCC1c1ccc(F)cc1. The van der Waals surface area contributed by atoms with Crippen molar-refractivity contribution in [2.75, 3.05) is 20.2 Å². The number of ether oxygens (including phenoxy) is 1. The van der Waals surface area contributed by atoms with Crippen molar-refractivity contribution in [3.05, 3.63) is 35.6 Å². The summed E-state index contributed by atoms with van der Waals surface area (Å²) in [6, 6.07) is 6.75. The molecule has 15 heavy (non-hydrogen) atoms. The predicted molar refractivity (Wildman–Crippen MR) is 57.4 cm³/mol. The third-order valence-electron chi connectivity index (χ3n) is 3.03. The second kappa shape index (κ2) is 4.73. The molecule has 1 fully saturated rings. The first kappa shape index (κ1) is 10.6. The van der Waals surface area contributed by atoms with E-state index in [9.17, 15) is 4.39 Å². The first-order valence-corrected chi connectivity index (χ1v) is 5.30. The fourth-order valence-electron chi connectivity index (χ4n) is 2.17. The highest BCUT2D eigenvalue weighted by molar-refractivity contribution is 5.22. The topological polar surface area (TPSA) is 21.3 Å². The van der Waals surface area contributed by atoms with E-state index in [4.69, 9.17) is 4.74 Å². The summed E-state index contributed by atoms with van der Waals surface area (Å²) in [7, 11) is 1.73. The lowest BCUT2D eigenvalue weighted by atomic mass is 9.88. The minimum absolute atomic E-state index is 0.179. The molecular weight excluding hydrogens is 193 g/mol. The van der Waals surface area contributed by atoms with Crippen LogP contribution in [-0.2, 0) is 4.74 Å². The van der Waals surface area contributed by atoms with Gasteiger partial charge in [0.05, 0.1) is 6.10 Å². The molecule has 0 bridgehead atoms. The normalized spacial score (nSPS) is 26.5. The number of methoxy groups -OCH3 is 1. The van der Waals surface area contributed by atoms with Gasteiger partial charge < -0.3 is 10.1 Å². The molecule has 0 aliphatic carbocycles. The van der Waals surface area contributed by atoms with Crippen LogP contribution in [0.3, 0.4) is 0 Å². The van der Waals surface area contributed by atoms with Crippen molar-refractivity contribution in [1.82, 2.24) is 5.32 Å². The molecule has 1 heterocycles. The summed E-state index contributed by atoms with van der Waals surface area (Å²) in [5, 5.41) is 3.30. The number of halogens is 1. The Morgan fingerprint density at radius 1 is 1.33 bits per heavy atom. The monoisotopic (exact) mass is 209 g/mol. The van der Waals surface area contributed by atoms with E-state index >= 15 is 0 Å². The Bertz CT molecular complexity index is 312. The Labute approximate surface area is 89.4 Å². The maximum Gasteiger partial charge on any atom is 0.123 e. The molecule has 3 heteroatoms. The van der Waals surface area contributed by atoms with Gasteiger partial charge in [0, 0.05) is 19.6 Å². The molecule has 2 nitrogen and oxygen atoms in total. The van der Waals surface area contributed by atoms with E-state index in [2.05, 4.69) is 5.32 Å². The van der Waals surface area contributed by atoms with Crippen molar-refractivity contribution in [1.29, 1.82) is 0 Å². The molecule has 1 saturated heterocycles. The van der Waals surface area contributed by atoms with E-state index in [-0.39, 0.29) is 11.9 Å². The van der Waals surface area contributed by atoms with Gasteiger partial charge in [0.25, 0.3) is 0 Å². The van der Waals surface area contributed by atoms with Crippen LogP contribution in [0.5, 0.6) is 0 Å². The molecular formula is C12H16FNO. The average Bonchev–Trinajstić information content (AvgIpc) is 2.30. The van der Waals surface area contributed by atoms with Crippen LogP contribution in [0.1, 0.15) is 17.9 Å². The van der Waals surface area contributed by atoms with E-state index in [1.165, 1.54) is 17.7 Å². The molecule has 1 aromatic carbocycles. The van der Waals surface area contributed by atoms with Crippen LogP contribution in [0.15, 0.2) is 24.3 Å². The van der Waals surface area contributed by atoms with Crippen LogP contribution < -0.4 is 5.32 Å². The first-order chi connectivity index (χ1) is 7.31. The van der Waals surface area contributed by atoms with E-state index in [1.807, 2.05) is 12.1 Å². The lowest BCUT2D eigenvalue weighted by Gasteiger charge is -2.31. The maximum absolute atomic E-state index is 12.8. The van der Waals surface area contributed by atoms with E-state index in [0.29, 0.717) is 5.92 Å². The first-order valence-electron chi connectivity index (χ1n) is 5.30. The van der Waals surface area contributed by atoms with Gasteiger partial charge >= 0.3 is 0 Å². The molecule has 2 rings (SSSR count). The van der Waals surface area contributed by atoms with Gasteiger partial charge in [-0.2, -0.15) is 0 Å². The maximum atomic E-state index is 12.8. The second-order valence-electron chi connectivity index (χ2n) is 3.92. The highest BCUT2D eigenvalue weighted by Crippen LogP contribution is 2.27. The molecule has 0 amide bonds. The molecule has 2 atom stereocenters. The third kappa shape index (κ3) is 2.36. The van der Waals surface area contributed by atoms with Gasteiger partial charge in [0.2, 0.25) is 0 Å². The van der Waals surface area contributed by atoms with Gasteiger partial charge in [0.1, 0.15) is 5.82 Å². The minimum Gasteiger partial charge on any atom is -0.379 e. The Hall–Kier alpha value is -0.930. The van der Waals surface area contributed by atoms with Crippen LogP contribution in [0.2, 0.25) is 0 Å². The van der Waals surface area contributed by atoms with Crippen LogP contribution in [-0.4, -0.2) is 26.3 Å². The van der Waals surface area contributed by atoms with Crippen molar-refractivity contribution < 1.29 is 9.13 Å². The number of nitrogens with one attached hydrogen (secondary N) is 1. The molecule has 0 saturated carbocycles. The zero-order chi connectivity index (χ0) is 10.7. The molecule has 2 unspecified atom stereocenters. The van der Waals surface area contributed by atoms with E-state index in [0.717, 1.165) is 19.5 Å². The zero-order valence-corrected chi connectivity index (χ0v) is 8.87. The highest BCUT2D eigenvalue weighted by Gasteiger charge is 2.25. The lowest BCUT2D eigenvalue weighted by molar-refractivity contribution is 0.0625. The van der Waals surface area contributed by atoms with E-state index in [1.54, 1.807) is 7.11 Å². The Morgan fingerprint density at radius 3 is 2.73 bits per heavy atom. The predicted octanol–water partition coefficient (Wildman–Crippen LogP) is 1.92. The standard InChI is InChI=1S/C12H16FNO/c1-15-12-8-14-7-6-11(12)9-2-4-10(13)5-3-9/h2-5,11-12,14H,6-8H2,1H3. The lowest BCUT2D eigenvalue weighted by Crippen LogP contribution is -2.40. The van der Waals surface area contributed by atoms with Crippen molar-refractivity contribution in [2.24, 2.45) is 0 Å². The second-order valence-corrected chi connectivity index (χ2v) is 3.92. The molecule has 1 aromatic rings. The van der Waals surface area contributed by atoms with Crippen molar-refractivity contribution in [2.45, 2.75) is 18.4 Å². The Kier molecular flexibility index (Phi) is 3.34. The fraction of sp³-hybridized carbons (Fsp3) is 0.500. The third-order valence-corrected chi connectivity index (χ3v) is 3.03. The van der Waals surface area contributed by atoms with Gasteiger partial charge in [0.15, 0.2) is 0 Å². The summed E-state index contributed by atoms with van der Waals surface area (Å²) in [6.45, 7) is 1.88. The van der Waals surface area contributed by atoms with Crippen LogP contribution in [0, 0.1) is 5.82 Å². The molecule has 0 spiro atoms. The number of piperidine rings is 1. The molecule has 0 aromatic heterocycles. The number of hydrogen-bond acceptors (Lipinski definition) is 2. The summed E-state index contributed by atoms with van der Waals surface area (Å²) in [6.07, 6.45) is 1.24. The Morgan fingerprint density at radius 2 is 2.07 bits per heavy atom. The van der Waals surface area contributed by atoms with E-state index < -0.39 is 0 Å². The molecule has 1 aliphatic heterocycles. The summed E-state index contributed by atoms with van der Waals surface area (Å²) in [5.74, 6) is 0.207. The van der Waals surface area contributed by atoms with Crippen molar-refractivity contribution >= 4 is 0 Å².